The van der Waals surface area contributed by atoms with Gasteiger partial charge < -0.3 is 14.7 Å². The van der Waals surface area contributed by atoms with Crippen molar-refractivity contribution < 1.29 is 19.4 Å². The number of carboxylic acids is 1. The molecule has 0 aromatic rings. The number of ether oxygens (including phenoxy) is 1. The Morgan fingerprint density at radius 3 is 2.93 bits per heavy atom. The van der Waals surface area contributed by atoms with Gasteiger partial charge in [0, 0.05) is 6.54 Å². The molecule has 0 bridgehead atoms. The van der Waals surface area contributed by atoms with Crippen LogP contribution in [-0.4, -0.2) is 40.8 Å². The summed E-state index contributed by atoms with van der Waals surface area (Å²) < 4.78 is 5.03. The van der Waals surface area contributed by atoms with Crippen LogP contribution >= 0.6 is 0 Å². The number of amides is 1. The van der Waals surface area contributed by atoms with Crippen LogP contribution in [0.2, 0.25) is 0 Å². The number of piperidine rings is 1. The van der Waals surface area contributed by atoms with Gasteiger partial charge in [0.1, 0.15) is 6.10 Å². The first kappa shape index (κ1) is 9.30. The molecule has 2 rings (SSSR count). The molecule has 0 aromatic carbocycles. The maximum absolute atomic E-state index is 11.3. The maximum Gasteiger partial charge on any atom is 0.410 e. The van der Waals surface area contributed by atoms with Crippen LogP contribution in [0.5, 0.6) is 0 Å². The van der Waals surface area contributed by atoms with Gasteiger partial charge >= 0.3 is 12.1 Å². The summed E-state index contributed by atoms with van der Waals surface area (Å²) in [7, 11) is 0. The van der Waals surface area contributed by atoms with Crippen molar-refractivity contribution in [1.82, 2.24) is 4.90 Å². The van der Waals surface area contributed by atoms with Gasteiger partial charge in [-0.2, -0.15) is 0 Å². The Morgan fingerprint density at radius 1 is 1.57 bits per heavy atom. The third kappa shape index (κ3) is 1.32. The highest BCUT2D eigenvalue weighted by Gasteiger charge is 2.44. The highest BCUT2D eigenvalue weighted by molar-refractivity contribution is 5.74. The molecule has 1 amide bonds. The van der Waals surface area contributed by atoms with Crippen LogP contribution in [0.3, 0.4) is 0 Å². The Hall–Kier alpha value is -1.26. The molecule has 5 nitrogen and oxygen atoms in total. The summed E-state index contributed by atoms with van der Waals surface area (Å²) in [6.45, 7) is 2.15. The van der Waals surface area contributed by atoms with Gasteiger partial charge in [0.2, 0.25) is 0 Å². The summed E-state index contributed by atoms with van der Waals surface area (Å²) in [6, 6.07) is 0.0816. The zero-order chi connectivity index (χ0) is 10.3. The Kier molecular flexibility index (Phi) is 2.09. The third-order valence-electron chi connectivity index (χ3n) is 3.04. The van der Waals surface area contributed by atoms with E-state index >= 15 is 0 Å². The van der Waals surface area contributed by atoms with Crippen LogP contribution < -0.4 is 0 Å². The van der Waals surface area contributed by atoms with Crippen molar-refractivity contribution in [2.24, 2.45) is 5.92 Å². The molecule has 3 atom stereocenters. The van der Waals surface area contributed by atoms with Crippen LogP contribution in [0, 0.1) is 5.92 Å². The van der Waals surface area contributed by atoms with Crippen LogP contribution in [-0.2, 0) is 9.53 Å². The van der Waals surface area contributed by atoms with Gasteiger partial charge in [-0.3, -0.25) is 4.79 Å². The number of hydrogen-bond acceptors (Lipinski definition) is 3. The number of cyclic esters (lactones) is 1. The predicted molar refractivity (Wildman–Crippen MR) is 46.8 cm³/mol. The summed E-state index contributed by atoms with van der Waals surface area (Å²) in [5.41, 5.74) is 0. The van der Waals surface area contributed by atoms with Crippen molar-refractivity contribution in [2.75, 3.05) is 6.54 Å². The lowest BCUT2D eigenvalue weighted by Crippen LogP contribution is -2.45. The van der Waals surface area contributed by atoms with Crippen molar-refractivity contribution in [2.45, 2.75) is 31.9 Å². The normalized spacial score (nSPS) is 36.5. The van der Waals surface area contributed by atoms with Crippen LogP contribution in [0.15, 0.2) is 0 Å². The molecule has 0 saturated carbocycles. The number of nitrogens with zero attached hydrogens (tertiary/aromatic N) is 1. The largest absolute Gasteiger partial charge is 0.481 e. The molecule has 0 spiro atoms. The van der Waals surface area contributed by atoms with E-state index in [2.05, 4.69) is 0 Å². The predicted octanol–water partition coefficient (Wildman–Crippen LogP) is 0.690. The van der Waals surface area contributed by atoms with E-state index in [-0.39, 0.29) is 18.2 Å². The van der Waals surface area contributed by atoms with Gasteiger partial charge in [0.25, 0.3) is 0 Å². The van der Waals surface area contributed by atoms with Crippen molar-refractivity contribution in [3.05, 3.63) is 0 Å². The number of carbonyl (C=O) groups is 2. The minimum atomic E-state index is -0.823. The lowest BCUT2D eigenvalue weighted by molar-refractivity contribution is -0.143. The summed E-state index contributed by atoms with van der Waals surface area (Å²) in [6.07, 6.45) is 0.896. The van der Waals surface area contributed by atoms with Crippen LogP contribution in [0.1, 0.15) is 19.8 Å². The van der Waals surface area contributed by atoms with E-state index < -0.39 is 11.9 Å². The molecule has 5 heteroatoms. The van der Waals surface area contributed by atoms with E-state index in [4.69, 9.17) is 9.84 Å². The molecule has 0 radical (unpaired) electrons. The highest BCUT2D eigenvalue weighted by atomic mass is 16.6. The molecule has 2 aliphatic heterocycles. The van der Waals surface area contributed by atoms with Gasteiger partial charge in [-0.05, 0) is 19.8 Å². The van der Waals surface area contributed by atoms with E-state index in [9.17, 15) is 9.59 Å². The minimum absolute atomic E-state index is 0.0816. The minimum Gasteiger partial charge on any atom is -0.481 e. The molecule has 2 aliphatic rings. The molecule has 2 saturated heterocycles. The average Bonchev–Trinajstić information content (AvgIpc) is 2.42. The van der Waals surface area contributed by atoms with Crippen molar-refractivity contribution >= 4 is 12.1 Å². The molecule has 0 aromatic heterocycles. The second kappa shape index (κ2) is 3.15. The Labute approximate surface area is 81.6 Å². The number of carbonyl (C=O) groups excluding carboxylic acids is 1. The highest BCUT2D eigenvalue weighted by Crippen LogP contribution is 2.30. The monoisotopic (exact) mass is 199 g/mol. The topological polar surface area (TPSA) is 66.8 Å². The average molecular weight is 199 g/mol. The fourth-order valence-corrected chi connectivity index (χ4v) is 2.20. The summed E-state index contributed by atoms with van der Waals surface area (Å²) in [5.74, 6) is -1.25. The molecule has 1 N–H and O–H groups in total. The smallest absolute Gasteiger partial charge is 0.410 e. The first-order valence-electron chi connectivity index (χ1n) is 4.79. The molecular formula is C9H13NO4. The number of carboxylic acid groups (broad SMARTS) is 1. The first-order chi connectivity index (χ1) is 6.59. The van der Waals surface area contributed by atoms with Gasteiger partial charge in [0.15, 0.2) is 0 Å². The van der Waals surface area contributed by atoms with Gasteiger partial charge in [-0.1, -0.05) is 0 Å². The molecule has 3 unspecified atom stereocenters. The van der Waals surface area contributed by atoms with Gasteiger partial charge in [-0.25, -0.2) is 4.79 Å². The number of fused-ring (bicyclic) bond motifs is 1. The lowest BCUT2D eigenvalue weighted by atomic mass is 9.92. The van der Waals surface area contributed by atoms with Crippen molar-refractivity contribution in [3.8, 4) is 0 Å². The summed E-state index contributed by atoms with van der Waals surface area (Å²) in [4.78, 5) is 23.6. The zero-order valence-corrected chi connectivity index (χ0v) is 7.97. The molecule has 14 heavy (non-hydrogen) atoms. The summed E-state index contributed by atoms with van der Waals surface area (Å²) >= 11 is 0. The lowest BCUT2D eigenvalue weighted by Gasteiger charge is -2.31. The number of hydrogen-bond donors (Lipinski definition) is 1. The van der Waals surface area contributed by atoms with E-state index in [1.807, 2.05) is 6.92 Å². The Morgan fingerprint density at radius 2 is 2.29 bits per heavy atom. The molecular weight excluding hydrogens is 186 g/mol. The zero-order valence-electron chi connectivity index (χ0n) is 7.97. The number of rotatable bonds is 1. The second-order valence-corrected chi connectivity index (χ2v) is 3.92. The van der Waals surface area contributed by atoms with E-state index in [0.717, 1.165) is 6.42 Å². The first-order valence-corrected chi connectivity index (χ1v) is 4.79. The standard InChI is InChI=1S/C9H13NO4/c1-5-7-3-2-6(8(11)12)4-10(7)9(13)14-5/h5-7H,2-4H2,1H3,(H,11,12). The number of aliphatic carboxylic acids is 1. The van der Waals surface area contributed by atoms with Crippen LogP contribution in [0.4, 0.5) is 4.79 Å². The van der Waals surface area contributed by atoms with Crippen molar-refractivity contribution in [1.29, 1.82) is 0 Å². The van der Waals surface area contributed by atoms with Gasteiger partial charge in [0.05, 0.1) is 12.0 Å². The second-order valence-electron chi connectivity index (χ2n) is 3.92. The molecule has 0 aliphatic carbocycles. The third-order valence-corrected chi connectivity index (χ3v) is 3.04. The van der Waals surface area contributed by atoms with E-state index in [0.29, 0.717) is 13.0 Å². The van der Waals surface area contributed by atoms with Crippen molar-refractivity contribution in [3.63, 3.8) is 0 Å². The Balaban J connectivity index is 2.09. The maximum atomic E-state index is 11.3. The SMILES string of the molecule is CC1OC(=O)N2CC(C(=O)O)CCC12. The fourth-order valence-electron chi connectivity index (χ4n) is 2.20. The van der Waals surface area contributed by atoms with E-state index in [1.165, 1.54) is 0 Å². The Bertz CT molecular complexity index is 278. The fraction of sp³-hybridized carbons (Fsp3) is 0.778. The van der Waals surface area contributed by atoms with E-state index in [1.54, 1.807) is 4.90 Å². The molecule has 2 fully saturated rings. The van der Waals surface area contributed by atoms with Crippen LogP contribution in [0.25, 0.3) is 0 Å². The summed E-state index contributed by atoms with van der Waals surface area (Å²) in [5, 5.41) is 8.83. The quantitative estimate of drug-likeness (QED) is 0.674. The van der Waals surface area contributed by atoms with Gasteiger partial charge in [-0.15, -0.1) is 0 Å². The molecule has 2 heterocycles. The molecule has 78 valence electrons.